The molecule has 0 radical (unpaired) electrons. The Morgan fingerprint density at radius 3 is 2.82 bits per heavy atom. The molecule has 3 heteroatoms. The zero-order valence-corrected chi connectivity index (χ0v) is 6.33. The van der Waals surface area contributed by atoms with E-state index >= 15 is 0 Å². The molecular weight excluding hydrogens is 142 g/mol. The summed E-state index contributed by atoms with van der Waals surface area (Å²) in [5.74, 6) is -0.114. The van der Waals surface area contributed by atoms with Crippen molar-refractivity contribution < 1.29 is 9.53 Å². The van der Waals surface area contributed by atoms with Crippen molar-refractivity contribution >= 4 is 5.97 Å². The molecule has 58 valence electrons. The van der Waals surface area contributed by atoms with Crippen LogP contribution in [0.15, 0.2) is 11.8 Å². The van der Waals surface area contributed by atoms with Crippen molar-refractivity contribution in [3.05, 3.63) is 11.8 Å². The fourth-order valence-electron chi connectivity index (χ4n) is 0.588. The van der Waals surface area contributed by atoms with Crippen molar-refractivity contribution in [2.45, 2.75) is 19.8 Å². The minimum Gasteiger partial charge on any atom is -0.433 e. The summed E-state index contributed by atoms with van der Waals surface area (Å²) in [7, 11) is 0. The first-order valence-corrected chi connectivity index (χ1v) is 3.51. The lowest BCUT2D eigenvalue weighted by Gasteiger charge is -1.94. The van der Waals surface area contributed by atoms with Gasteiger partial charge in [-0.2, -0.15) is 5.26 Å². The van der Waals surface area contributed by atoms with Crippen molar-refractivity contribution in [3.8, 4) is 6.07 Å². The van der Waals surface area contributed by atoms with Crippen LogP contribution in [0.25, 0.3) is 0 Å². The van der Waals surface area contributed by atoms with E-state index in [1.165, 1.54) is 6.26 Å². The van der Waals surface area contributed by atoms with E-state index in [0.29, 0.717) is 5.57 Å². The van der Waals surface area contributed by atoms with Gasteiger partial charge in [-0.25, -0.2) is 0 Å². The molecule has 0 heterocycles. The van der Waals surface area contributed by atoms with Gasteiger partial charge in [-0.3, -0.25) is 4.79 Å². The highest BCUT2D eigenvalue weighted by molar-refractivity contribution is 5.75. The average molecular weight is 151 g/mol. The summed E-state index contributed by atoms with van der Waals surface area (Å²) in [4.78, 5) is 10.8. The first-order valence-electron chi connectivity index (χ1n) is 3.51. The van der Waals surface area contributed by atoms with Crippen molar-refractivity contribution in [1.29, 1.82) is 5.26 Å². The van der Waals surface area contributed by atoms with Gasteiger partial charge in [-0.15, -0.1) is 0 Å². The molecule has 3 nitrogen and oxygen atoms in total. The van der Waals surface area contributed by atoms with Crippen LogP contribution in [0.3, 0.4) is 0 Å². The molecule has 11 heavy (non-hydrogen) atoms. The van der Waals surface area contributed by atoms with Gasteiger partial charge >= 0.3 is 5.97 Å². The quantitative estimate of drug-likeness (QED) is 0.340. The van der Waals surface area contributed by atoms with Crippen LogP contribution >= 0.6 is 0 Å². The maximum Gasteiger partial charge on any atom is 0.313 e. The molecular formula is C8H9NO2. The highest BCUT2D eigenvalue weighted by Gasteiger charge is 2.30. The summed E-state index contributed by atoms with van der Waals surface area (Å²) in [6.45, 7) is 1.60. The van der Waals surface area contributed by atoms with Gasteiger partial charge < -0.3 is 4.74 Å². The van der Waals surface area contributed by atoms with Crippen molar-refractivity contribution in [2.75, 3.05) is 0 Å². The van der Waals surface area contributed by atoms with Crippen LogP contribution in [0.4, 0.5) is 0 Å². The third-order valence-corrected chi connectivity index (χ3v) is 1.44. The lowest BCUT2D eigenvalue weighted by atomic mass is 10.4. The third-order valence-electron chi connectivity index (χ3n) is 1.44. The molecule has 1 rings (SSSR count). The molecule has 0 saturated heterocycles. The number of nitriles is 1. The van der Waals surface area contributed by atoms with Crippen molar-refractivity contribution in [3.63, 3.8) is 0 Å². The van der Waals surface area contributed by atoms with Gasteiger partial charge in [0.15, 0.2) is 0 Å². The smallest absolute Gasteiger partial charge is 0.313 e. The molecule has 1 saturated carbocycles. The van der Waals surface area contributed by atoms with E-state index in [1.54, 1.807) is 6.92 Å². The molecule has 0 aromatic rings. The third kappa shape index (κ3) is 2.42. The van der Waals surface area contributed by atoms with E-state index in [2.05, 4.69) is 0 Å². The Hall–Kier alpha value is -1.30. The van der Waals surface area contributed by atoms with E-state index in [4.69, 9.17) is 10.00 Å². The van der Waals surface area contributed by atoms with Crippen LogP contribution in [0.5, 0.6) is 0 Å². The Morgan fingerprint density at radius 1 is 1.73 bits per heavy atom. The van der Waals surface area contributed by atoms with Crippen LogP contribution < -0.4 is 0 Å². The van der Waals surface area contributed by atoms with Gasteiger partial charge in [-0.05, 0) is 19.8 Å². The van der Waals surface area contributed by atoms with E-state index < -0.39 is 0 Å². The fraction of sp³-hybridized carbons (Fsp3) is 0.500. The Morgan fingerprint density at radius 2 is 2.36 bits per heavy atom. The molecule has 0 aromatic heterocycles. The summed E-state index contributed by atoms with van der Waals surface area (Å²) in [5.41, 5.74) is 0.416. The predicted molar refractivity (Wildman–Crippen MR) is 38.2 cm³/mol. The van der Waals surface area contributed by atoms with Crippen LogP contribution in [0, 0.1) is 17.2 Å². The van der Waals surface area contributed by atoms with E-state index in [1.807, 2.05) is 6.07 Å². The van der Waals surface area contributed by atoms with Gasteiger partial charge in [0.05, 0.1) is 17.6 Å². The van der Waals surface area contributed by atoms with Gasteiger partial charge in [0, 0.05) is 0 Å². The topological polar surface area (TPSA) is 50.1 Å². The van der Waals surface area contributed by atoms with Crippen molar-refractivity contribution in [1.82, 2.24) is 0 Å². The van der Waals surface area contributed by atoms with E-state index in [-0.39, 0.29) is 11.9 Å². The summed E-state index contributed by atoms with van der Waals surface area (Å²) in [5, 5.41) is 8.29. The van der Waals surface area contributed by atoms with Crippen molar-refractivity contribution in [2.24, 2.45) is 5.92 Å². The molecule has 0 N–H and O–H groups in total. The molecule has 0 amide bonds. The number of esters is 1. The second kappa shape index (κ2) is 3.20. The first-order chi connectivity index (χ1) is 5.24. The molecule has 1 aliphatic carbocycles. The number of rotatable bonds is 2. The number of hydrogen-bond donors (Lipinski definition) is 0. The monoisotopic (exact) mass is 151 g/mol. The minimum atomic E-state index is -0.209. The number of allylic oxidation sites excluding steroid dienone is 1. The van der Waals surface area contributed by atoms with Gasteiger partial charge in [0.1, 0.15) is 6.26 Å². The van der Waals surface area contributed by atoms with E-state index in [0.717, 1.165) is 12.8 Å². The van der Waals surface area contributed by atoms with Crippen LogP contribution in [-0.4, -0.2) is 5.97 Å². The Balaban J connectivity index is 2.31. The lowest BCUT2D eigenvalue weighted by molar-refractivity contribution is -0.139. The lowest BCUT2D eigenvalue weighted by Crippen LogP contribution is -2.01. The number of hydrogen-bond acceptors (Lipinski definition) is 3. The largest absolute Gasteiger partial charge is 0.433 e. The average Bonchev–Trinajstić information content (AvgIpc) is 2.81. The van der Waals surface area contributed by atoms with E-state index in [9.17, 15) is 4.79 Å². The normalized spacial score (nSPS) is 17.3. The summed E-state index contributed by atoms with van der Waals surface area (Å²) in [6.07, 6.45) is 3.07. The zero-order chi connectivity index (χ0) is 8.27. The van der Waals surface area contributed by atoms with Crippen LogP contribution in [-0.2, 0) is 9.53 Å². The second-order valence-corrected chi connectivity index (χ2v) is 2.62. The van der Waals surface area contributed by atoms with Gasteiger partial charge in [0.2, 0.25) is 0 Å². The Kier molecular flexibility index (Phi) is 2.27. The van der Waals surface area contributed by atoms with Gasteiger partial charge in [-0.1, -0.05) is 0 Å². The molecule has 1 aliphatic rings. The summed E-state index contributed by atoms with van der Waals surface area (Å²) in [6, 6.07) is 1.86. The number of carbonyl (C=O) groups is 1. The predicted octanol–water partition coefficient (Wildman–Crippen LogP) is 1.37. The van der Waals surface area contributed by atoms with Crippen LogP contribution in [0.1, 0.15) is 19.8 Å². The summed E-state index contributed by atoms with van der Waals surface area (Å²) >= 11 is 0. The maximum absolute atomic E-state index is 10.8. The van der Waals surface area contributed by atoms with Crippen LogP contribution in [0.2, 0.25) is 0 Å². The number of ether oxygens (including phenoxy) is 1. The SMILES string of the molecule is CC(C#N)=COC(=O)C1CC1. The fourth-order valence-corrected chi connectivity index (χ4v) is 0.588. The number of nitrogens with zero attached hydrogens (tertiary/aromatic N) is 1. The number of carbonyl (C=O) groups excluding carboxylic acids is 1. The highest BCUT2D eigenvalue weighted by atomic mass is 16.5. The molecule has 0 spiro atoms. The summed E-state index contributed by atoms with van der Waals surface area (Å²) < 4.78 is 4.70. The van der Waals surface area contributed by atoms with Gasteiger partial charge in [0.25, 0.3) is 0 Å². The minimum absolute atomic E-state index is 0.0951. The molecule has 0 atom stereocenters. The Labute approximate surface area is 65.3 Å². The molecule has 1 fully saturated rings. The molecule has 0 unspecified atom stereocenters. The standard InChI is InChI=1S/C8H9NO2/c1-6(4-9)5-11-8(10)7-2-3-7/h5,7H,2-3H2,1H3. The highest BCUT2D eigenvalue weighted by Crippen LogP contribution is 2.30. The molecule has 0 aromatic carbocycles. The zero-order valence-electron chi connectivity index (χ0n) is 6.33. The second-order valence-electron chi connectivity index (χ2n) is 2.62. The molecule has 0 bridgehead atoms. The molecule has 0 aliphatic heterocycles. The first kappa shape index (κ1) is 7.80. The maximum atomic E-state index is 10.8. The Bertz CT molecular complexity index is 233.